The van der Waals surface area contributed by atoms with Gasteiger partial charge in [0.2, 0.25) is 0 Å². The van der Waals surface area contributed by atoms with E-state index in [1.807, 2.05) is 28.9 Å². The van der Waals surface area contributed by atoms with Crippen molar-refractivity contribution >= 4 is 17.2 Å². The average molecular weight is 224 g/mol. The summed E-state index contributed by atoms with van der Waals surface area (Å²) in [6, 6.07) is 3.77. The van der Waals surface area contributed by atoms with E-state index in [2.05, 4.69) is 11.9 Å². The van der Waals surface area contributed by atoms with Gasteiger partial charge >= 0.3 is 0 Å². The highest BCUT2D eigenvalue weighted by Gasteiger charge is 2.08. The summed E-state index contributed by atoms with van der Waals surface area (Å²) in [5.74, 6) is 0.462. The molecule has 15 heavy (non-hydrogen) atoms. The van der Waals surface area contributed by atoms with Crippen LogP contribution in [-0.4, -0.2) is 15.9 Å². The van der Waals surface area contributed by atoms with Crippen molar-refractivity contribution in [2.75, 3.05) is 6.54 Å². The number of rotatable bonds is 3. The fourth-order valence-electron chi connectivity index (χ4n) is 1.62. The summed E-state index contributed by atoms with van der Waals surface area (Å²) in [5.41, 5.74) is 7.58. The summed E-state index contributed by atoms with van der Waals surface area (Å²) >= 11 is 6.03. The molecule has 80 valence electrons. The Morgan fingerprint density at radius 1 is 1.60 bits per heavy atom. The third-order valence-corrected chi connectivity index (χ3v) is 2.82. The molecule has 2 aromatic heterocycles. The molecule has 0 aliphatic heterocycles. The Balaban J connectivity index is 2.41. The third kappa shape index (κ3) is 1.98. The molecule has 0 bridgehead atoms. The van der Waals surface area contributed by atoms with Crippen LogP contribution in [0.1, 0.15) is 12.6 Å². The van der Waals surface area contributed by atoms with Crippen molar-refractivity contribution in [1.29, 1.82) is 0 Å². The van der Waals surface area contributed by atoms with E-state index < -0.39 is 0 Å². The topological polar surface area (TPSA) is 43.3 Å². The summed E-state index contributed by atoms with van der Waals surface area (Å²) in [6.45, 7) is 2.82. The van der Waals surface area contributed by atoms with Gasteiger partial charge in [0, 0.05) is 18.1 Å². The molecule has 0 aromatic carbocycles. The van der Waals surface area contributed by atoms with Crippen LogP contribution >= 0.6 is 11.6 Å². The summed E-state index contributed by atoms with van der Waals surface area (Å²) in [6.07, 6.45) is 4.78. The standard InChI is InChI=1S/C11H14ClN3/c1-8(6-13)5-9-7-14-11-10(12)3-2-4-15(9)11/h2-4,7-8H,5-6,13H2,1H3. The van der Waals surface area contributed by atoms with E-state index in [4.69, 9.17) is 17.3 Å². The smallest absolute Gasteiger partial charge is 0.155 e. The highest BCUT2D eigenvalue weighted by Crippen LogP contribution is 2.18. The van der Waals surface area contributed by atoms with Crippen molar-refractivity contribution < 1.29 is 0 Å². The molecule has 0 fully saturated rings. The van der Waals surface area contributed by atoms with E-state index in [0.29, 0.717) is 17.5 Å². The van der Waals surface area contributed by atoms with Crippen molar-refractivity contribution in [2.24, 2.45) is 11.7 Å². The maximum absolute atomic E-state index is 6.03. The first kappa shape index (κ1) is 10.5. The predicted molar refractivity (Wildman–Crippen MR) is 62.1 cm³/mol. The van der Waals surface area contributed by atoms with Gasteiger partial charge in [0.05, 0.1) is 5.02 Å². The van der Waals surface area contributed by atoms with E-state index in [9.17, 15) is 0 Å². The number of imidazole rings is 1. The molecule has 1 atom stereocenters. The molecule has 0 radical (unpaired) electrons. The molecule has 2 N–H and O–H groups in total. The fraction of sp³-hybridized carbons (Fsp3) is 0.364. The minimum atomic E-state index is 0.462. The van der Waals surface area contributed by atoms with Crippen molar-refractivity contribution in [3.05, 3.63) is 35.2 Å². The summed E-state index contributed by atoms with van der Waals surface area (Å²) in [5, 5.41) is 0.684. The van der Waals surface area contributed by atoms with Crippen LogP contribution in [0, 0.1) is 5.92 Å². The molecule has 2 rings (SSSR count). The molecule has 2 aromatic rings. The minimum Gasteiger partial charge on any atom is -0.330 e. The molecular weight excluding hydrogens is 210 g/mol. The normalized spacial score (nSPS) is 13.3. The van der Waals surface area contributed by atoms with E-state index in [0.717, 1.165) is 17.8 Å². The second-order valence-corrected chi connectivity index (χ2v) is 4.25. The number of nitrogens with two attached hydrogens (primary N) is 1. The van der Waals surface area contributed by atoms with Crippen LogP contribution in [0.15, 0.2) is 24.5 Å². The predicted octanol–water partition coefficient (Wildman–Crippen LogP) is 2.12. The fourth-order valence-corrected chi connectivity index (χ4v) is 1.83. The lowest BCUT2D eigenvalue weighted by molar-refractivity contribution is 0.582. The van der Waals surface area contributed by atoms with Crippen molar-refractivity contribution in [3.8, 4) is 0 Å². The lowest BCUT2D eigenvalue weighted by atomic mass is 10.1. The minimum absolute atomic E-state index is 0.462. The van der Waals surface area contributed by atoms with E-state index >= 15 is 0 Å². The number of pyridine rings is 1. The van der Waals surface area contributed by atoms with Gasteiger partial charge in [0.25, 0.3) is 0 Å². The van der Waals surface area contributed by atoms with Gasteiger partial charge in [0.1, 0.15) is 0 Å². The van der Waals surface area contributed by atoms with Gasteiger partial charge in [0.15, 0.2) is 5.65 Å². The Morgan fingerprint density at radius 3 is 3.13 bits per heavy atom. The van der Waals surface area contributed by atoms with Crippen LogP contribution in [0.4, 0.5) is 0 Å². The van der Waals surface area contributed by atoms with Gasteiger partial charge in [-0.1, -0.05) is 18.5 Å². The lowest BCUT2D eigenvalue weighted by Crippen LogP contribution is -2.14. The van der Waals surface area contributed by atoms with Gasteiger partial charge in [-0.2, -0.15) is 0 Å². The van der Waals surface area contributed by atoms with E-state index in [1.54, 1.807) is 0 Å². The first-order valence-corrected chi connectivity index (χ1v) is 5.40. The van der Waals surface area contributed by atoms with Gasteiger partial charge in [-0.15, -0.1) is 0 Å². The number of nitrogens with zero attached hydrogens (tertiary/aromatic N) is 2. The third-order valence-electron chi connectivity index (χ3n) is 2.52. The molecule has 0 saturated heterocycles. The maximum Gasteiger partial charge on any atom is 0.155 e. The van der Waals surface area contributed by atoms with Crippen LogP contribution in [0.25, 0.3) is 5.65 Å². The largest absolute Gasteiger partial charge is 0.330 e. The van der Waals surface area contributed by atoms with Gasteiger partial charge in [-0.3, -0.25) is 0 Å². The monoisotopic (exact) mass is 223 g/mol. The number of hydrogen-bond donors (Lipinski definition) is 1. The molecule has 0 aliphatic rings. The SMILES string of the molecule is CC(CN)Cc1cnc2c(Cl)cccn12. The Morgan fingerprint density at radius 2 is 2.40 bits per heavy atom. The molecule has 2 heterocycles. The molecule has 0 saturated carbocycles. The van der Waals surface area contributed by atoms with Crippen LogP contribution in [-0.2, 0) is 6.42 Å². The molecule has 0 spiro atoms. The van der Waals surface area contributed by atoms with Gasteiger partial charge < -0.3 is 10.1 Å². The highest BCUT2D eigenvalue weighted by molar-refractivity contribution is 6.33. The first-order chi connectivity index (χ1) is 7.22. The Hall–Kier alpha value is -1.06. The molecule has 1 unspecified atom stereocenters. The number of hydrogen-bond acceptors (Lipinski definition) is 2. The zero-order valence-corrected chi connectivity index (χ0v) is 9.41. The lowest BCUT2D eigenvalue weighted by Gasteiger charge is -2.07. The zero-order valence-electron chi connectivity index (χ0n) is 8.65. The average Bonchev–Trinajstić information content (AvgIpc) is 2.63. The zero-order chi connectivity index (χ0) is 10.8. The number of fused-ring (bicyclic) bond motifs is 1. The molecule has 0 aliphatic carbocycles. The van der Waals surface area contributed by atoms with Gasteiger partial charge in [-0.25, -0.2) is 4.98 Å². The summed E-state index contributed by atoms with van der Waals surface area (Å²) in [7, 11) is 0. The maximum atomic E-state index is 6.03. The van der Waals surface area contributed by atoms with E-state index in [1.165, 1.54) is 0 Å². The second kappa shape index (κ2) is 4.21. The molecule has 0 amide bonds. The first-order valence-electron chi connectivity index (χ1n) is 5.03. The summed E-state index contributed by atoms with van der Waals surface area (Å²) in [4.78, 5) is 4.30. The highest BCUT2D eigenvalue weighted by atomic mass is 35.5. The number of halogens is 1. The van der Waals surface area contributed by atoms with Crippen LogP contribution in [0.5, 0.6) is 0 Å². The van der Waals surface area contributed by atoms with Crippen LogP contribution < -0.4 is 5.73 Å². The molecule has 3 nitrogen and oxygen atoms in total. The van der Waals surface area contributed by atoms with Crippen molar-refractivity contribution in [2.45, 2.75) is 13.3 Å². The molecular formula is C11H14ClN3. The Kier molecular flexibility index (Phi) is 2.93. The van der Waals surface area contributed by atoms with Gasteiger partial charge in [-0.05, 0) is 31.0 Å². The van der Waals surface area contributed by atoms with Crippen molar-refractivity contribution in [1.82, 2.24) is 9.38 Å². The Bertz CT molecular complexity index is 464. The number of aromatic nitrogens is 2. The quantitative estimate of drug-likeness (QED) is 0.866. The van der Waals surface area contributed by atoms with E-state index in [-0.39, 0.29) is 0 Å². The van der Waals surface area contributed by atoms with Crippen molar-refractivity contribution in [3.63, 3.8) is 0 Å². The Labute approximate surface area is 93.9 Å². The van der Waals surface area contributed by atoms with Crippen LogP contribution in [0.2, 0.25) is 5.02 Å². The summed E-state index contributed by atoms with van der Waals surface area (Å²) < 4.78 is 2.02. The molecule has 4 heteroatoms. The second-order valence-electron chi connectivity index (χ2n) is 3.84. The van der Waals surface area contributed by atoms with Crippen LogP contribution in [0.3, 0.4) is 0 Å².